The first-order chi connectivity index (χ1) is 14.1. The van der Waals surface area contributed by atoms with Crippen molar-refractivity contribution in [1.29, 1.82) is 5.26 Å². The van der Waals surface area contributed by atoms with Gasteiger partial charge < -0.3 is 4.98 Å². The summed E-state index contributed by atoms with van der Waals surface area (Å²) in [7, 11) is 0. The van der Waals surface area contributed by atoms with Crippen molar-refractivity contribution in [1.82, 2.24) is 9.55 Å². The van der Waals surface area contributed by atoms with Crippen molar-refractivity contribution in [2.75, 3.05) is 0 Å². The number of hydrogen-bond acceptors (Lipinski definition) is 2. The summed E-state index contributed by atoms with van der Waals surface area (Å²) >= 11 is 6.03. The number of H-pyrrole nitrogens is 1. The zero-order valence-corrected chi connectivity index (χ0v) is 16.3. The van der Waals surface area contributed by atoms with Gasteiger partial charge in [0.15, 0.2) is 0 Å². The molecule has 0 aliphatic carbocycles. The molecule has 29 heavy (non-hydrogen) atoms. The van der Waals surface area contributed by atoms with Gasteiger partial charge in [-0.2, -0.15) is 5.26 Å². The van der Waals surface area contributed by atoms with Crippen LogP contribution in [0.3, 0.4) is 0 Å². The van der Waals surface area contributed by atoms with Crippen molar-refractivity contribution in [2.45, 2.75) is 12.3 Å². The Balaban J connectivity index is 1.63. The second-order valence-electron chi connectivity index (χ2n) is 6.84. The van der Waals surface area contributed by atoms with Crippen molar-refractivity contribution < 1.29 is 0 Å². The number of pyridine rings is 1. The van der Waals surface area contributed by atoms with Crippen LogP contribution in [0.4, 0.5) is 0 Å². The lowest BCUT2D eigenvalue weighted by molar-refractivity contribution is 0.780. The van der Waals surface area contributed by atoms with Crippen molar-refractivity contribution in [3.63, 3.8) is 0 Å². The molecule has 4 rings (SSSR count). The normalized spacial score (nSPS) is 11.7. The van der Waals surface area contributed by atoms with E-state index in [1.807, 2.05) is 60.8 Å². The molecule has 0 saturated carbocycles. The predicted molar refractivity (Wildman–Crippen MR) is 115 cm³/mol. The summed E-state index contributed by atoms with van der Waals surface area (Å²) in [6.07, 6.45) is 4.33. The largest absolute Gasteiger partial charge is 0.364 e. The van der Waals surface area contributed by atoms with Crippen molar-refractivity contribution in [3.8, 4) is 11.8 Å². The Morgan fingerprint density at radius 1 is 1.00 bits per heavy atom. The fourth-order valence-electron chi connectivity index (χ4n) is 3.45. The highest BCUT2D eigenvalue weighted by atomic mass is 35.5. The van der Waals surface area contributed by atoms with Gasteiger partial charge in [0.1, 0.15) is 0 Å². The molecule has 4 nitrogen and oxygen atoms in total. The molecule has 0 aliphatic heterocycles. The molecule has 0 spiro atoms. The quantitative estimate of drug-likeness (QED) is 0.509. The molecule has 142 valence electrons. The maximum Gasteiger partial charge on any atom is 0.255 e. The van der Waals surface area contributed by atoms with Crippen LogP contribution in [0.25, 0.3) is 5.69 Å². The highest BCUT2D eigenvalue weighted by Crippen LogP contribution is 2.28. The van der Waals surface area contributed by atoms with E-state index >= 15 is 0 Å². The van der Waals surface area contributed by atoms with Gasteiger partial charge >= 0.3 is 0 Å². The van der Waals surface area contributed by atoms with Gasteiger partial charge in [-0.25, -0.2) is 0 Å². The zero-order valence-electron chi connectivity index (χ0n) is 15.5. The monoisotopic (exact) mass is 399 g/mol. The van der Waals surface area contributed by atoms with E-state index in [1.54, 1.807) is 12.3 Å². The van der Waals surface area contributed by atoms with Gasteiger partial charge in [-0.3, -0.25) is 9.36 Å². The lowest BCUT2D eigenvalue weighted by atomic mass is 9.89. The summed E-state index contributed by atoms with van der Waals surface area (Å²) in [6, 6.07) is 24.9. The molecule has 2 heterocycles. The maximum absolute atomic E-state index is 12.1. The van der Waals surface area contributed by atoms with E-state index in [4.69, 9.17) is 16.9 Å². The number of nitrogens with zero attached hydrogens (tertiary/aromatic N) is 2. The standard InChI is InChI=1S/C24H18ClN3O/c25-20-9-12-24(29)28(16-20)21-10-5-17(6-11-21)14-22(23-2-1-13-27-23)19-7-3-18(15-26)4-8-19/h1-13,16,22,27H,14H2. The molecule has 0 radical (unpaired) electrons. The molecule has 1 atom stereocenters. The van der Waals surface area contributed by atoms with Crippen LogP contribution in [-0.2, 0) is 6.42 Å². The van der Waals surface area contributed by atoms with Crippen LogP contribution in [0.1, 0.15) is 28.3 Å². The number of halogens is 1. The third-order valence-corrected chi connectivity index (χ3v) is 5.19. The third-order valence-electron chi connectivity index (χ3n) is 4.97. The molecule has 0 bridgehead atoms. The van der Waals surface area contributed by atoms with Gasteiger partial charge in [0, 0.05) is 35.8 Å². The summed E-state index contributed by atoms with van der Waals surface area (Å²) in [5.74, 6) is 0.137. The Morgan fingerprint density at radius 2 is 1.76 bits per heavy atom. The van der Waals surface area contributed by atoms with Gasteiger partial charge in [-0.05, 0) is 60.0 Å². The van der Waals surface area contributed by atoms with E-state index in [2.05, 4.69) is 17.1 Å². The van der Waals surface area contributed by atoms with Crippen LogP contribution in [0, 0.1) is 11.3 Å². The van der Waals surface area contributed by atoms with Crippen LogP contribution >= 0.6 is 11.6 Å². The second-order valence-corrected chi connectivity index (χ2v) is 7.27. The molecule has 1 unspecified atom stereocenters. The van der Waals surface area contributed by atoms with Crippen molar-refractivity contribution in [3.05, 3.63) is 123 Å². The lowest BCUT2D eigenvalue weighted by Crippen LogP contribution is -2.16. The first-order valence-corrected chi connectivity index (χ1v) is 9.63. The Kier molecular flexibility index (Phi) is 5.33. The summed E-state index contributed by atoms with van der Waals surface area (Å²) in [5.41, 5.74) is 4.70. The number of benzene rings is 2. The average molecular weight is 400 g/mol. The highest BCUT2D eigenvalue weighted by Gasteiger charge is 2.16. The summed E-state index contributed by atoms with van der Waals surface area (Å²) in [6.45, 7) is 0. The SMILES string of the molecule is N#Cc1ccc(C(Cc2ccc(-n3cc(Cl)ccc3=O)cc2)c2ccc[nH]2)cc1. The van der Waals surface area contributed by atoms with Crippen LogP contribution < -0.4 is 5.56 Å². The minimum Gasteiger partial charge on any atom is -0.364 e. The maximum atomic E-state index is 12.1. The zero-order chi connectivity index (χ0) is 20.2. The van der Waals surface area contributed by atoms with E-state index in [-0.39, 0.29) is 11.5 Å². The smallest absolute Gasteiger partial charge is 0.255 e. The Hall–Kier alpha value is -3.55. The molecule has 2 aromatic carbocycles. The lowest BCUT2D eigenvalue weighted by Gasteiger charge is -2.17. The molecule has 0 saturated heterocycles. The van der Waals surface area contributed by atoms with Crippen LogP contribution in [0.2, 0.25) is 5.02 Å². The Bertz CT molecular complexity index is 1200. The fraction of sp³-hybridized carbons (Fsp3) is 0.0833. The minimum atomic E-state index is -0.121. The summed E-state index contributed by atoms with van der Waals surface area (Å²) in [4.78, 5) is 15.4. The Labute approximate surface area is 173 Å². The molecule has 1 N–H and O–H groups in total. The fourth-order valence-corrected chi connectivity index (χ4v) is 3.61. The molecular weight excluding hydrogens is 382 g/mol. The first kappa shape index (κ1) is 18.8. The van der Waals surface area contributed by atoms with Gasteiger partial charge in [-0.1, -0.05) is 35.9 Å². The first-order valence-electron chi connectivity index (χ1n) is 9.25. The van der Waals surface area contributed by atoms with Crippen LogP contribution in [-0.4, -0.2) is 9.55 Å². The van der Waals surface area contributed by atoms with Gasteiger partial charge in [0.25, 0.3) is 5.56 Å². The number of aromatic nitrogens is 2. The van der Waals surface area contributed by atoms with Gasteiger partial charge in [0.2, 0.25) is 0 Å². The molecule has 4 aromatic rings. The molecule has 5 heteroatoms. The van der Waals surface area contributed by atoms with Gasteiger partial charge in [-0.15, -0.1) is 0 Å². The van der Waals surface area contributed by atoms with Crippen LogP contribution in [0.5, 0.6) is 0 Å². The number of hydrogen-bond donors (Lipinski definition) is 1. The van der Waals surface area contributed by atoms with E-state index in [9.17, 15) is 4.79 Å². The van der Waals surface area contributed by atoms with Crippen molar-refractivity contribution >= 4 is 11.6 Å². The molecule has 0 fully saturated rings. The molecule has 0 amide bonds. The van der Waals surface area contributed by atoms with Crippen molar-refractivity contribution in [2.24, 2.45) is 0 Å². The van der Waals surface area contributed by atoms with E-state index in [0.717, 1.165) is 28.9 Å². The second kappa shape index (κ2) is 8.22. The van der Waals surface area contributed by atoms with E-state index in [1.165, 1.54) is 10.6 Å². The number of aromatic amines is 1. The minimum absolute atomic E-state index is 0.121. The van der Waals surface area contributed by atoms with Crippen LogP contribution in [0.15, 0.2) is 90.0 Å². The molecular formula is C24H18ClN3O. The Morgan fingerprint density at radius 3 is 2.41 bits per heavy atom. The third kappa shape index (κ3) is 4.16. The highest BCUT2D eigenvalue weighted by molar-refractivity contribution is 6.30. The van der Waals surface area contributed by atoms with Gasteiger partial charge in [0.05, 0.1) is 16.7 Å². The molecule has 2 aromatic heterocycles. The van der Waals surface area contributed by atoms with E-state index < -0.39 is 0 Å². The molecule has 0 aliphatic rings. The number of nitrogens with one attached hydrogen (secondary N) is 1. The predicted octanol–water partition coefficient (Wildman–Crippen LogP) is 5.07. The summed E-state index contributed by atoms with van der Waals surface area (Å²) < 4.78 is 1.54. The number of nitriles is 1. The average Bonchev–Trinajstić information content (AvgIpc) is 3.29. The van der Waals surface area contributed by atoms with E-state index in [0.29, 0.717) is 10.6 Å². The number of rotatable bonds is 5. The topological polar surface area (TPSA) is 61.6 Å². The summed E-state index contributed by atoms with van der Waals surface area (Å²) in [5, 5.41) is 9.57.